The molecule has 0 aliphatic carbocycles. The quantitative estimate of drug-likeness (QED) is 0.346. The number of hydrogen-bond acceptors (Lipinski definition) is 5. The lowest BCUT2D eigenvalue weighted by Crippen LogP contribution is -2.37. The van der Waals surface area contributed by atoms with Crippen molar-refractivity contribution in [3.05, 3.63) is 59.0 Å². The normalized spacial score (nSPS) is 11.7. The van der Waals surface area contributed by atoms with Crippen LogP contribution in [0.3, 0.4) is 0 Å². The van der Waals surface area contributed by atoms with Crippen molar-refractivity contribution in [1.29, 1.82) is 0 Å². The van der Waals surface area contributed by atoms with E-state index in [1.807, 2.05) is 30.7 Å². The van der Waals surface area contributed by atoms with E-state index in [2.05, 4.69) is 57.9 Å². The molecule has 2 heterocycles. The Bertz CT molecular complexity index is 958. The molecule has 1 aromatic carbocycles. The molecule has 0 fully saturated rings. The van der Waals surface area contributed by atoms with Crippen molar-refractivity contribution in [1.82, 2.24) is 30.6 Å². The third-order valence-corrected chi connectivity index (χ3v) is 4.41. The van der Waals surface area contributed by atoms with Crippen LogP contribution in [0.15, 0.2) is 39.8 Å². The molecule has 0 radical (unpaired) electrons. The molecule has 0 bridgehead atoms. The maximum Gasteiger partial charge on any atom is 0.226 e. The molecule has 0 amide bonds. The molecule has 0 saturated carbocycles. The molecule has 8 nitrogen and oxygen atoms in total. The Morgan fingerprint density at radius 1 is 1.17 bits per heavy atom. The van der Waals surface area contributed by atoms with Gasteiger partial charge in [0.1, 0.15) is 0 Å². The summed E-state index contributed by atoms with van der Waals surface area (Å²) < 4.78 is 7.13. The zero-order valence-corrected chi connectivity index (χ0v) is 17.6. The van der Waals surface area contributed by atoms with E-state index in [1.165, 1.54) is 0 Å². The fourth-order valence-corrected chi connectivity index (χ4v) is 3.12. The fraction of sp³-hybridized carbons (Fsp3) is 0.429. The van der Waals surface area contributed by atoms with Gasteiger partial charge in [0.2, 0.25) is 5.89 Å². The van der Waals surface area contributed by atoms with Crippen molar-refractivity contribution in [3.63, 3.8) is 0 Å². The number of guanidine groups is 1. The van der Waals surface area contributed by atoms with E-state index in [0.717, 1.165) is 54.5 Å². The zero-order valence-electron chi connectivity index (χ0n) is 17.6. The Morgan fingerprint density at radius 3 is 2.69 bits per heavy atom. The van der Waals surface area contributed by atoms with Gasteiger partial charge >= 0.3 is 0 Å². The fourth-order valence-electron chi connectivity index (χ4n) is 3.12. The molecule has 3 aromatic rings. The molecule has 0 spiro atoms. The summed E-state index contributed by atoms with van der Waals surface area (Å²) in [4.78, 5) is 8.98. The second-order valence-corrected chi connectivity index (χ2v) is 6.93. The number of para-hydroxylation sites is 1. The van der Waals surface area contributed by atoms with Crippen LogP contribution in [0.25, 0.3) is 5.69 Å². The third kappa shape index (κ3) is 5.66. The number of hydrogen-bond donors (Lipinski definition) is 2. The van der Waals surface area contributed by atoms with Crippen molar-refractivity contribution < 1.29 is 4.52 Å². The predicted molar refractivity (Wildman–Crippen MR) is 113 cm³/mol. The molecule has 0 atom stereocenters. The highest BCUT2D eigenvalue weighted by molar-refractivity contribution is 5.79. The number of aromatic nitrogens is 4. The Hall–Kier alpha value is -3.16. The summed E-state index contributed by atoms with van der Waals surface area (Å²) in [6, 6.07) is 10.3. The largest absolute Gasteiger partial charge is 0.357 e. The molecular formula is C21H29N7O. The smallest absolute Gasteiger partial charge is 0.226 e. The second-order valence-electron chi connectivity index (χ2n) is 6.93. The van der Waals surface area contributed by atoms with Gasteiger partial charge in [-0.2, -0.15) is 10.1 Å². The molecule has 0 aliphatic heterocycles. The van der Waals surface area contributed by atoms with E-state index in [0.29, 0.717) is 18.3 Å². The number of rotatable bonds is 8. The van der Waals surface area contributed by atoms with Crippen molar-refractivity contribution in [2.75, 3.05) is 13.1 Å². The summed E-state index contributed by atoms with van der Waals surface area (Å²) in [6.07, 6.45) is 1.63. The van der Waals surface area contributed by atoms with Gasteiger partial charge in [0.15, 0.2) is 11.8 Å². The molecule has 0 saturated heterocycles. The summed E-state index contributed by atoms with van der Waals surface area (Å²) in [5, 5.41) is 15.1. The molecular weight excluding hydrogens is 366 g/mol. The molecule has 2 aromatic heterocycles. The van der Waals surface area contributed by atoms with Crippen LogP contribution in [0, 0.1) is 20.8 Å². The molecule has 0 aliphatic rings. The van der Waals surface area contributed by atoms with Crippen LogP contribution in [0.2, 0.25) is 0 Å². The van der Waals surface area contributed by atoms with Gasteiger partial charge in [-0.25, -0.2) is 9.67 Å². The number of nitrogens with one attached hydrogen (secondary N) is 2. The highest BCUT2D eigenvalue weighted by Crippen LogP contribution is 2.17. The van der Waals surface area contributed by atoms with Gasteiger partial charge in [-0.1, -0.05) is 23.4 Å². The van der Waals surface area contributed by atoms with Gasteiger partial charge < -0.3 is 15.2 Å². The summed E-state index contributed by atoms with van der Waals surface area (Å²) in [6.45, 7) is 10.1. The SMILES string of the molecule is CCNC(=NCc1ccccc1-n1nc(C)cc1C)NCCCc1nc(C)no1. The molecule has 3 rings (SSSR count). The van der Waals surface area contributed by atoms with Crippen LogP contribution in [0.4, 0.5) is 0 Å². The van der Waals surface area contributed by atoms with Crippen molar-refractivity contribution in [3.8, 4) is 5.69 Å². The first-order valence-corrected chi connectivity index (χ1v) is 9.99. The Kier molecular flexibility index (Phi) is 6.99. The van der Waals surface area contributed by atoms with Gasteiger partial charge in [-0.05, 0) is 51.8 Å². The van der Waals surface area contributed by atoms with Gasteiger partial charge in [0.05, 0.1) is 17.9 Å². The molecule has 8 heteroatoms. The summed E-state index contributed by atoms with van der Waals surface area (Å²) in [7, 11) is 0. The van der Waals surface area contributed by atoms with E-state index in [4.69, 9.17) is 9.52 Å². The van der Waals surface area contributed by atoms with Gasteiger partial charge in [-0.15, -0.1) is 0 Å². The highest BCUT2D eigenvalue weighted by atomic mass is 16.5. The van der Waals surface area contributed by atoms with Crippen LogP contribution in [-0.2, 0) is 13.0 Å². The minimum Gasteiger partial charge on any atom is -0.357 e. The first-order valence-electron chi connectivity index (χ1n) is 9.99. The number of aryl methyl sites for hydroxylation is 4. The van der Waals surface area contributed by atoms with Crippen molar-refractivity contribution >= 4 is 5.96 Å². The average molecular weight is 396 g/mol. The predicted octanol–water partition coefficient (Wildman–Crippen LogP) is 2.87. The number of benzene rings is 1. The average Bonchev–Trinajstić information content (AvgIpc) is 3.27. The lowest BCUT2D eigenvalue weighted by molar-refractivity contribution is 0.372. The van der Waals surface area contributed by atoms with Crippen molar-refractivity contribution in [2.45, 2.75) is 47.1 Å². The van der Waals surface area contributed by atoms with E-state index in [-0.39, 0.29) is 0 Å². The topological polar surface area (TPSA) is 93.2 Å². The van der Waals surface area contributed by atoms with E-state index >= 15 is 0 Å². The molecule has 29 heavy (non-hydrogen) atoms. The zero-order chi connectivity index (χ0) is 20.6. The monoisotopic (exact) mass is 395 g/mol. The summed E-state index contributed by atoms with van der Waals surface area (Å²) in [5.74, 6) is 2.13. The lowest BCUT2D eigenvalue weighted by Gasteiger charge is -2.13. The van der Waals surface area contributed by atoms with Crippen LogP contribution in [-0.4, -0.2) is 39.0 Å². The number of nitrogens with zero attached hydrogens (tertiary/aromatic N) is 5. The first-order chi connectivity index (χ1) is 14.1. The summed E-state index contributed by atoms with van der Waals surface area (Å²) >= 11 is 0. The van der Waals surface area contributed by atoms with Crippen LogP contribution in [0.5, 0.6) is 0 Å². The van der Waals surface area contributed by atoms with Crippen LogP contribution < -0.4 is 10.6 Å². The maximum absolute atomic E-state index is 5.15. The molecule has 154 valence electrons. The standard InChI is InChI=1S/C21H29N7O/c1-5-22-21(23-12-8-11-20-25-17(4)27-29-20)24-14-18-9-6-7-10-19(18)28-16(3)13-15(2)26-28/h6-7,9-10,13H,5,8,11-12,14H2,1-4H3,(H2,22,23,24). The minimum absolute atomic E-state index is 0.562. The lowest BCUT2D eigenvalue weighted by atomic mass is 10.2. The molecule has 2 N–H and O–H groups in total. The summed E-state index contributed by atoms with van der Waals surface area (Å²) in [5.41, 5.74) is 4.30. The Morgan fingerprint density at radius 2 is 2.00 bits per heavy atom. The third-order valence-electron chi connectivity index (χ3n) is 4.41. The highest BCUT2D eigenvalue weighted by Gasteiger charge is 2.09. The van der Waals surface area contributed by atoms with Crippen LogP contribution in [0.1, 0.15) is 42.0 Å². The Balaban J connectivity index is 1.63. The first kappa shape index (κ1) is 20.6. The van der Waals surface area contributed by atoms with Crippen LogP contribution >= 0.6 is 0 Å². The molecule has 0 unspecified atom stereocenters. The van der Waals surface area contributed by atoms with E-state index < -0.39 is 0 Å². The second kappa shape index (κ2) is 9.86. The van der Waals surface area contributed by atoms with E-state index in [9.17, 15) is 0 Å². The minimum atomic E-state index is 0.562. The van der Waals surface area contributed by atoms with Gasteiger partial charge in [0, 0.05) is 25.2 Å². The Labute approximate surface area is 171 Å². The van der Waals surface area contributed by atoms with Crippen molar-refractivity contribution in [2.24, 2.45) is 4.99 Å². The number of aliphatic imine (C=N–C) groups is 1. The van der Waals surface area contributed by atoms with Gasteiger partial charge in [0.25, 0.3) is 0 Å². The van der Waals surface area contributed by atoms with E-state index in [1.54, 1.807) is 0 Å². The van der Waals surface area contributed by atoms with Gasteiger partial charge in [-0.3, -0.25) is 0 Å². The maximum atomic E-state index is 5.15.